The van der Waals surface area contributed by atoms with Gasteiger partial charge in [-0.05, 0) is 18.9 Å². The smallest absolute Gasteiger partial charge is 0.219 e. The minimum Gasteiger partial charge on any atom is -0.368 e. The Labute approximate surface area is 135 Å². The number of carbonyl (C=O) groups is 1. The number of piperidine rings is 1. The van der Waals surface area contributed by atoms with E-state index in [2.05, 4.69) is 15.1 Å². The van der Waals surface area contributed by atoms with E-state index in [1.807, 2.05) is 23.2 Å². The van der Waals surface area contributed by atoms with Crippen LogP contribution >= 0.6 is 0 Å². The Balaban J connectivity index is 1.71. The summed E-state index contributed by atoms with van der Waals surface area (Å²) < 4.78 is 8.04. The van der Waals surface area contributed by atoms with Crippen molar-refractivity contribution >= 4 is 5.91 Å². The van der Waals surface area contributed by atoms with Crippen molar-refractivity contribution in [1.82, 2.24) is 24.6 Å². The van der Waals surface area contributed by atoms with Crippen molar-refractivity contribution in [3.63, 3.8) is 0 Å². The second-order valence-corrected chi connectivity index (χ2v) is 5.75. The highest BCUT2D eigenvalue weighted by Gasteiger charge is 2.38. The average Bonchev–Trinajstić information content (AvgIpc) is 3.09. The predicted molar refractivity (Wildman–Crippen MR) is 83.4 cm³/mol. The first kappa shape index (κ1) is 15.6. The van der Waals surface area contributed by atoms with Gasteiger partial charge in [-0.1, -0.05) is 6.07 Å². The van der Waals surface area contributed by atoms with Gasteiger partial charge in [0.25, 0.3) is 0 Å². The molecule has 0 atom stereocenters. The fourth-order valence-electron chi connectivity index (χ4n) is 3.01. The predicted octanol–water partition coefficient (Wildman–Crippen LogP) is 1.23. The maximum atomic E-state index is 11.6. The van der Waals surface area contributed by atoms with Crippen LogP contribution in [-0.2, 0) is 21.7 Å². The van der Waals surface area contributed by atoms with Gasteiger partial charge in [0, 0.05) is 38.0 Å². The Morgan fingerprint density at radius 1 is 1.35 bits per heavy atom. The quantitative estimate of drug-likeness (QED) is 0.829. The number of hydrogen-bond donors (Lipinski definition) is 0. The summed E-state index contributed by atoms with van der Waals surface area (Å²) in [6, 6.07) is 3.97. The summed E-state index contributed by atoms with van der Waals surface area (Å²) in [5.74, 6) is 0.118. The number of pyridine rings is 1. The Kier molecular flexibility index (Phi) is 4.66. The second-order valence-electron chi connectivity index (χ2n) is 5.75. The molecule has 0 saturated carbocycles. The van der Waals surface area contributed by atoms with Gasteiger partial charge in [0.2, 0.25) is 5.91 Å². The molecule has 0 spiro atoms. The van der Waals surface area contributed by atoms with E-state index in [4.69, 9.17) is 4.74 Å². The third kappa shape index (κ3) is 3.56. The molecule has 0 bridgehead atoms. The van der Waals surface area contributed by atoms with Crippen LogP contribution in [0.25, 0.3) is 0 Å². The topological polar surface area (TPSA) is 73.1 Å². The lowest BCUT2D eigenvalue weighted by Gasteiger charge is -2.41. The minimum absolute atomic E-state index is 0.118. The molecule has 1 fully saturated rings. The fourth-order valence-corrected chi connectivity index (χ4v) is 3.01. The largest absolute Gasteiger partial charge is 0.368 e. The molecule has 1 aliphatic rings. The van der Waals surface area contributed by atoms with E-state index in [-0.39, 0.29) is 11.5 Å². The highest BCUT2D eigenvalue weighted by molar-refractivity contribution is 5.73. The van der Waals surface area contributed by atoms with E-state index in [0.717, 1.165) is 18.4 Å². The third-order valence-electron chi connectivity index (χ3n) is 4.37. The van der Waals surface area contributed by atoms with Gasteiger partial charge < -0.3 is 9.64 Å². The van der Waals surface area contributed by atoms with Gasteiger partial charge in [0.1, 0.15) is 12.7 Å². The van der Waals surface area contributed by atoms with E-state index in [1.165, 1.54) is 6.33 Å². The number of nitrogens with zero attached hydrogens (tertiary/aromatic N) is 5. The van der Waals surface area contributed by atoms with Gasteiger partial charge in [0.05, 0.1) is 18.8 Å². The molecule has 3 rings (SSSR count). The van der Waals surface area contributed by atoms with Crippen LogP contribution in [0.1, 0.15) is 25.3 Å². The highest BCUT2D eigenvalue weighted by atomic mass is 16.5. The lowest BCUT2D eigenvalue weighted by Crippen LogP contribution is -2.46. The molecule has 0 radical (unpaired) electrons. The molecular formula is C16H21N5O2. The summed E-state index contributed by atoms with van der Waals surface area (Å²) in [6.45, 7) is 4.21. The van der Waals surface area contributed by atoms with E-state index in [1.54, 1.807) is 24.1 Å². The van der Waals surface area contributed by atoms with Crippen LogP contribution in [0.5, 0.6) is 0 Å². The molecule has 1 saturated heterocycles. The van der Waals surface area contributed by atoms with E-state index in [0.29, 0.717) is 26.2 Å². The van der Waals surface area contributed by atoms with E-state index < -0.39 is 0 Å². The number of carbonyl (C=O) groups excluding carboxylic acids is 1. The van der Waals surface area contributed by atoms with Crippen molar-refractivity contribution in [3.8, 4) is 0 Å². The molecule has 0 aromatic carbocycles. The lowest BCUT2D eigenvalue weighted by atomic mass is 9.85. The third-order valence-corrected chi connectivity index (χ3v) is 4.37. The Morgan fingerprint density at radius 3 is 2.78 bits per heavy atom. The monoisotopic (exact) mass is 315 g/mol. The number of ether oxygens (including phenoxy) is 1. The zero-order chi connectivity index (χ0) is 16.1. The molecule has 1 amide bonds. The molecule has 2 aromatic rings. The van der Waals surface area contributed by atoms with Gasteiger partial charge >= 0.3 is 0 Å². The molecule has 1 aliphatic heterocycles. The summed E-state index contributed by atoms with van der Waals surface area (Å²) in [5, 5.41) is 4.09. The standard InChI is InChI=1S/C16H21N5O2/c1-14(22)20-7-4-16(5-8-20,15-3-2-6-17-11-15)23-10-9-21-13-18-12-19-21/h2-3,6,11-13H,4-5,7-10H2,1H3. The van der Waals surface area contributed by atoms with E-state index >= 15 is 0 Å². The van der Waals surface area contributed by atoms with Gasteiger partial charge in [-0.2, -0.15) is 5.10 Å². The summed E-state index contributed by atoms with van der Waals surface area (Å²) >= 11 is 0. The van der Waals surface area contributed by atoms with Crippen LogP contribution < -0.4 is 0 Å². The Bertz CT molecular complexity index is 621. The van der Waals surface area contributed by atoms with Gasteiger partial charge in [-0.15, -0.1) is 0 Å². The number of hydrogen-bond acceptors (Lipinski definition) is 5. The van der Waals surface area contributed by atoms with Crippen molar-refractivity contribution in [3.05, 3.63) is 42.7 Å². The molecule has 122 valence electrons. The van der Waals surface area contributed by atoms with Gasteiger partial charge in [0.15, 0.2) is 0 Å². The molecule has 2 aromatic heterocycles. The van der Waals surface area contributed by atoms with Gasteiger partial charge in [-0.3, -0.25) is 14.5 Å². The van der Waals surface area contributed by atoms with Crippen LogP contribution in [-0.4, -0.2) is 50.3 Å². The van der Waals surface area contributed by atoms with Crippen molar-refractivity contribution in [2.75, 3.05) is 19.7 Å². The number of amides is 1. The van der Waals surface area contributed by atoms with Crippen LogP contribution in [0.15, 0.2) is 37.2 Å². The molecule has 7 nitrogen and oxygen atoms in total. The maximum Gasteiger partial charge on any atom is 0.219 e. The van der Waals surface area contributed by atoms with Crippen molar-refractivity contribution in [1.29, 1.82) is 0 Å². The lowest BCUT2D eigenvalue weighted by molar-refractivity contribution is -0.137. The first-order valence-electron chi connectivity index (χ1n) is 7.82. The fraction of sp³-hybridized carbons (Fsp3) is 0.500. The van der Waals surface area contributed by atoms with Crippen LogP contribution in [0, 0.1) is 0 Å². The summed E-state index contributed by atoms with van der Waals surface area (Å²) in [7, 11) is 0. The Morgan fingerprint density at radius 2 is 2.17 bits per heavy atom. The van der Waals surface area contributed by atoms with E-state index in [9.17, 15) is 4.79 Å². The zero-order valence-electron chi connectivity index (χ0n) is 13.3. The molecular weight excluding hydrogens is 294 g/mol. The molecule has 0 unspecified atom stereocenters. The van der Waals surface area contributed by atoms with Crippen LogP contribution in [0.2, 0.25) is 0 Å². The molecule has 3 heterocycles. The van der Waals surface area contributed by atoms with Gasteiger partial charge in [-0.25, -0.2) is 4.98 Å². The number of aromatic nitrogens is 4. The molecule has 0 aliphatic carbocycles. The summed E-state index contributed by atoms with van der Waals surface area (Å²) in [5.41, 5.74) is 0.683. The first-order valence-corrected chi connectivity index (χ1v) is 7.82. The number of rotatable bonds is 5. The molecule has 0 N–H and O–H groups in total. The SMILES string of the molecule is CC(=O)N1CCC(OCCn2cncn2)(c2cccnc2)CC1. The van der Waals surface area contributed by atoms with Crippen LogP contribution in [0.3, 0.4) is 0 Å². The molecule has 7 heteroatoms. The molecule has 23 heavy (non-hydrogen) atoms. The highest BCUT2D eigenvalue weighted by Crippen LogP contribution is 2.36. The van der Waals surface area contributed by atoms with Crippen molar-refractivity contribution in [2.45, 2.75) is 31.9 Å². The summed E-state index contributed by atoms with van der Waals surface area (Å²) in [4.78, 5) is 21.6. The minimum atomic E-state index is -0.388. The average molecular weight is 315 g/mol. The van der Waals surface area contributed by atoms with Crippen LogP contribution in [0.4, 0.5) is 0 Å². The number of likely N-dealkylation sites (tertiary alicyclic amines) is 1. The zero-order valence-corrected chi connectivity index (χ0v) is 13.3. The second kappa shape index (κ2) is 6.87. The maximum absolute atomic E-state index is 11.6. The Hall–Kier alpha value is -2.28. The normalized spacial score (nSPS) is 17.2. The summed E-state index contributed by atoms with van der Waals surface area (Å²) in [6.07, 6.45) is 8.36. The van der Waals surface area contributed by atoms with Crippen molar-refractivity contribution < 1.29 is 9.53 Å². The first-order chi connectivity index (χ1) is 11.2. The van der Waals surface area contributed by atoms with Crippen molar-refractivity contribution in [2.24, 2.45) is 0 Å².